The van der Waals surface area contributed by atoms with Crippen molar-refractivity contribution in [3.8, 4) is 0 Å². The largest absolute Gasteiger partial charge is 0.352 e. The van der Waals surface area contributed by atoms with Crippen molar-refractivity contribution in [2.75, 3.05) is 6.54 Å². The smallest absolute Gasteiger partial charge is 0.251 e. The van der Waals surface area contributed by atoms with Crippen LogP contribution in [-0.2, 0) is 16.6 Å². The molecule has 0 aromatic heterocycles. The van der Waals surface area contributed by atoms with Crippen molar-refractivity contribution in [2.45, 2.75) is 13.5 Å². The zero-order valence-electron chi connectivity index (χ0n) is 13.4. The molecule has 0 spiro atoms. The number of hydrogen-bond donors (Lipinski definition) is 2. The Morgan fingerprint density at radius 1 is 1.04 bits per heavy atom. The molecule has 5 nitrogen and oxygen atoms in total. The molecular weight excluding hydrogens is 324 g/mol. The first-order valence-corrected chi connectivity index (χ1v) is 9.15. The lowest BCUT2D eigenvalue weighted by Gasteiger charge is -2.05. The molecule has 0 bridgehead atoms. The van der Waals surface area contributed by atoms with Gasteiger partial charge in [-0.2, -0.15) is 0 Å². The van der Waals surface area contributed by atoms with Crippen molar-refractivity contribution in [3.05, 3.63) is 76.7 Å². The molecule has 0 heterocycles. The molecule has 2 aromatic rings. The van der Waals surface area contributed by atoms with Crippen LogP contribution in [0.15, 0.2) is 60.0 Å². The predicted octanol–water partition coefficient (Wildman–Crippen LogP) is 2.53. The zero-order chi connectivity index (χ0) is 17.4. The third-order valence-electron chi connectivity index (χ3n) is 3.27. The van der Waals surface area contributed by atoms with Gasteiger partial charge in [-0.15, -0.1) is 0 Å². The standard InChI is InChI=1S/C18H20N2O3S/c1-2-19-18(21)17-10-8-16(9-11-17)14-20-24(22,23)13-12-15-6-4-3-5-7-15/h3-13,20H,2,14H2,1H3,(H,19,21)/b13-12+. The van der Waals surface area contributed by atoms with Crippen LogP contribution < -0.4 is 10.0 Å². The second-order valence-corrected chi connectivity index (χ2v) is 6.79. The molecule has 24 heavy (non-hydrogen) atoms. The molecule has 0 aliphatic heterocycles. The summed E-state index contributed by atoms with van der Waals surface area (Å²) in [5, 5.41) is 3.85. The molecule has 2 rings (SSSR count). The molecular formula is C18H20N2O3S. The minimum absolute atomic E-state index is 0.143. The van der Waals surface area contributed by atoms with E-state index in [0.29, 0.717) is 12.1 Å². The summed E-state index contributed by atoms with van der Waals surface area (Å²) in [7, 11) is -3.52. The maximum atomic E-state index is 12.0. The molecule has 0 radical (unpaired) electrons. The van der Waals surface area contributed by atoms with Gasteiger partial charge in [-0.25, -0.2) is 13.1 Å². The molecule has 1 amide bonds. The molecule has 0 atom stereocenters. The van der Waals surface area contributed by atoms with E-state index in [9.17, 15) is 13.2 Å². The van der Waals surface area contributed by atoms with E-state index in [4.69, 9.17) is 0 Å². The fourth-order valence-electron chi connectivity index (χ4n) is 2.00. The summed E-state index contributed by atoms with van der Waals surface area (Å²) in [4.78, 5) is 11.7. The minimum atomic E-state index is -3.52. The van der Waals surface area contributed by atoms with Crippen molar-refractivity contribution in [1.82, 2.24) is 10.0 Å². The van der Waals surface area contributed by atoms with Crippen LogP contribution in [-0.4, -0.2) is 20.9 Å². The molecule has 0 fully saturated rings. The van der Waals surface area contributed by atoms with Crippen molar-refractivity contribution < 1.29 is 13.2 Å². The normalized spacial score (nSPS) is 11.5. The Hall–Kier alpha value is -2.44. The Bertz CT molecular complexity index is 798. The molecule has 2 aromatic carbocycles. The van der Waals surface area contributed by atoms with Gasteiger partial charge in [-0.3, -0.25) is 4.79 Å². The average Bonchev–Trinajstić information content (AvgIpc) is 2.60. The second-order valence-electron chi connectivity index (χ2n) is 5.14. The Morgan fingerprint density at radius 3 is 2.33 bits per heavy atom. The highest BCUT2D eigenvalue weighted by Gasteiger charge is 2.07. The van der Waals surface area contributed by atoms with Crippen LogP contribution in [0, 0.1) is 0 Å². The van der Waals surface area contributed by atoms with E-state index in [1.54, 1.807) is 30.3 Å². The van der Waals surface area contributed by atoms with Crippen molar-refractivity contribution in [3.63, 3.8) is 0 Å². The monoisotopic (exact) mass is 344 g/mol. The summed E-state index contributed by atoms with van der Waals surface area (Å²) in [5.74, 6) is -0.143. The van der Waals surface area contributed by atoms with Crippen LogP contribution >= 0.6 is 0 Å². The predicted molar refractivity (Wildman–Crippen MR) is 95.7 cm³/mol. The van der Waals surface area contributed by atoms with Gasteiger partial charge in [0.25, 0.3) is 5.91 Å². The summed E-state index contributed by atoms with van der Waals surface area (Å²) in [5.41, 5.74) is 2.14. The summed E-state index contributed by atoms with van der Waals surface area (Å²) >= 11 is 0. The van der Waals surface area contributed by atoms with Crippen molar-refractivity contribution >= 4 is 22.0 Å². The minimum Gasteiger partial charge on any atom is -0.352 e. The molecule has 0 saturated heterocycles. The van der Waals surface area contributed by atoms with Gasteiger partial charge >= 0.3 is 0 Å². The highest BCUT2D eigenvalue weighted by atomic mass is 32.2. The van der Waals surface area contributed by atoms with Crippen LogP contribution in [0.5, 0.6) is 0 Å². The highest BCUT2D eigenvalue weighted by Crippen LogP contribution is 2.06. The first-order valence-electron chi connectivity index (χ1n) is 7.60. The SMILES string of the molecule is CCNC(=O)c1ccc(CNS(=O)(=O)/C=C/c2ccccc2)cc1. The fraction of sp³-hybridized carbons (Fsp3) is 0.167. The van der Waals surface area contributed by atoms with Gasteiger partial charge in [-0.1, -0.05) is 42.5 Å². The lowest BCUT2D eigenvalue weighted by Crippen LogP contribution is -2.23. The number of sulfonamides is 1. The van der Waals surface area contributed by atoms with E-state index >= 15 is 0 Å². The van der Waals surface area contributed by atoms with Gasteiger partial charge in [0, 0.05) is 24.1 Å². The Kier molecular flexibility index (Phi) is 6.28. The second kappa shape index (κ2) is 8.42. The molecule has 0 aliphatic rings. The van der Waals surface area contributed by atoms with Gasteiger partial charge in [0.05, 0.1) is 0 Å². The van der Waals surface area contributed by atoms with E-state index in [1.807, 2.05) is 37.3 Å². The Balaban J connectivity index is 1.94. The topological polar surface area (TPSA) is 75.3 Å². The Morgan fingerprint density at radius 2 is 1.71 bits per heavy atom. The van der Waals surface area contributed by atoms with Crippen molar-refractivity contribution in [1.29, 1.82) is 0 Å². The molecule has 126 valence electrons. The lowest BCUT2D eigenvalue weighted by atomic mass is 10.1. The third kappa shape index (κ3) is 5.64. The average molecular weight is 344 g/mol. The highest BCUT2D eigenvalue weighted by molar-refractivity contribution is 7.92. The number of amides is 1. The van der Waals surface area contributed by atoms with E-state index < -0.39 is 10.0 Å². The van der Waals surface area contributed by atoms with Gasteiger partial charge in [0.2, 0.25) is 10.0 Å². The number of hydrogen-bond acceptors (Lipinski definition) is 3. The maximum absolute atomic E-state index is 12.0. The molecule has 2 N–H and O–H groups in total. The Labute approximate surface area is 142 Å². The maximum Gasteiger partial charge on any atom is 0.251 e. The molecule has 0 saturated carbocycles. The first-order chi connectivity index (χ1) is 11.5. The van der Waals surface area contributed by atoms with E-state index in [2.05, 4.69) is 10.0 Å². The zero-order valence-corrected chi connectivity index (χ0v) is 14.2. The third-order valence-corrected chi connectivity index (χ3v) is 4.31. The summed E-state index contributed by atoms with van der Waals surface area (Å²) in [6.45, 7) is 2.58. The van der Waals surface area contributed by atoms with Gasteiger partial charge < -0.3 is 5.32 Å². The van der Waals surface area contributed by atoms with Gasteiger partial charge in [0.15, 0.2) is 0 Å². The number of benzene rings is 2. The van der Waals surface area contributed by atoms with Gasteiger partial charge in [-0.05, 0) is 36.3 Å². The number of nitrogens with one attached hydrogen (secondary N) is 2. The molecule has 0 unspecified atom stereocenters. The van der Waals surface area contributed by atoms with E-state index in [0.717, 1.165) is 16.5 Å². The summed E-state index contributed by atoms with van der Waals surface area (Å²) in [6, 6.07) is 16.0. The van der Waals surface area contributed by atoms with Crippen LogP contribution in [0.4, 0.5) is 0 Å². The van der Waals surface area contributed by atoms with Crippen LogP contribution in [0.25, 0.3) is 6.08 Å². The molecule has 6 heteroatoms. The lowest BCUT2D eigenvalue weighted by molar-refractivity contribution is 0.0956. The molecule has 0 aliphatic carbocycles. The fourth-order valence-corrected chi connectivity index (χ4v) is 2.80. The van der Waals surface area contributed by atoms with E-state index in [-0.39, 0.29) is 12.5 Å². The number of carbonyl (C=O) groups excluding carboxylic acids is 1. The number of carbonyl (C=O) groups is 1. The van der Waals surface area contributed by atoms with E-state index in [1.165, 1.54) is 0 Å². The van der Waals surface area contributed by atoms with Gasteiger partial charge in [0.1, 0.15) is 0 Å². The number of rotatable bonds is 7. The van der Waals surface area contributed by atoms with Crippen LogP contribution in [0.2, 0.25) is 0 Å². The van der Waals surface area contributed by atoms with Crippen LogP contribution in [0.1, 0.15) is 28.4 Å². The quantitative estimate of drug-likeness (QED) is 0.810. The van der Waals surface area contributed by atoms with Crippen LogP contribution in [0.3, 0.4) is 0 Å². The summed E-state index contributed by atoms with van der Waals surface area (Å²) in [6.07, 6.45) is 1.54. The first kappa shape index (κ1) is 17.9. The summed E-state index contributed by atoms with van der Waals surface area (Å²) < 4.78 is 26.5. The van der Waals surface area contributed by atoms with Crippen molar-refractivity contribution in [2.24, 2.45) is 0 Å².